The molecule has 0 bridgehead atoms. The van der Waals surface area contributed by atoms with E-state index >= 15 is 0 Å². The van der Waals surface area contributed by atoms with Crippen LogP contribution < -0.4 is 5.32 Å². The Labute approximate surface area is 184 Å². The standard InChI is InChI=1S/C21H17Cl2NO3S2/c22-15-6-9-18(10-7-15)29(26,27)13-12-28-17-8-11-20(23)19(14-17)21(25)24-16-4-2-1-3-5-16/h1-11,14H,12-13H2,(H,24,25). The van der Waals surface area contributed by atoms with Gasteiger partial charge in [0.2, 0.25) is 0 Å². The minimum absolute atomic E-state index is 0.0343. The minimum Gasteiger partial charge on any atom is -0.322 e. The molecule has 0 aliphatic rings. The number of nitrogens with one attached hydrogen (secondary N) is 1. The van der Waals surface area contributed by atoms with E-state index in [1.165, 1.54) is 23.9 Å². The van der Waals surface area contributed by atoms with Gasteiger partial charge in [0.25, 0.3) is 5.91 Å². The van der Waals surface area contributed by atoms with Crippen molar-refractivity contribution in [1.29, 1.82) is 0 Å². The Balaban J connectivity index is 1.65. The number of benzene rings is 3. The highest BCUT2D eigenvalue weighted by Gasteiger charge is 2.15. The molecule has 150 valence electrons. The van der Waals surface area contributed by atoms with E-state index in [1.54, 1.807) is 42.5 Å². The van der Waals surface area contributed by atoms with Gasteiger partial charge in [0.1, 0.15) is 0 Å². The van der Waals surface area contributed by atoms with E-state index in [2.05, 4.69) is 5.32 Å². The summed E-state index contributed by atoms with van der Waals surface area (Å²) in [6.07, 6.45) is 0. The average molecular weight is 466 g/mol. The van der Waals surface area contributed by atoms with E-state index in [0.717, 1.165) is 4.90 Å². The van der Waals surface area contributed by atoms with Crippen LogP contribution in [0.15, 0.2) is 82.6 Å². The van der Waals surface area contributed by atoms with Crippen molar-refractivity contribution in [1.82, 2.24) is 0 Å². The minimum atomic E-state index is -3.41. The summed E-state index contributed by atoms with van der Waals surface area (Å²) in [5, 5.41) is 3.61. The maximum Gasteiger partial charge on any atom is 0.257 e. The van der Waals surface area contributed by atoms with Crippen LogP contribution in [0.4, 0.5) is 5.69 Å². The Morgan fingerprint density at radius 1 is 0.931 bits per heavy atom. The van der Waals surface area contributed by atoms with E-state index in [-0.39, 0.29) is 16.6 Å². The highest BCUT2D eigenvalue weighted by Crippen LogP contribution is 2.26. The van der Waals surface area contributed by atoms with Crippen LogP contribution in [0.5, 0.6) is 0 Å². The molecule has 0 aliphatic heterocycles. The molecule has 0 radical (unpaired) electrons. The lowest BCUT2D eigenvalue weighted by atomic mass is 10.2. The smallest absolute Gasteiger partial charge is 0.257 e. The SMILES string of the molecule is O=C(Nc1ccccc1)c1cc(SCCS(=O)(=O)c2ccc(Cl)cc2)ccc1Cl. The van der Waals surface area contributed by atoms with Gasteiger partial charge >= 0.3 is 0 Å². The molecule has 3 aromatic rings. The number of hydrogen-bond donors (Lipinski definition) is 1. The van der Waals surface area contributed by atoms with Crippen molar-refractivity contribution in [2.24, 2.45) is 0 Å². The van der Waals surface area contributed by atoms with Crippen LogP contribution in [0.25, 0.3) is 0 Å². The molecular weight excluding hydrogens is 449 g/mol. The van der Waals surface area contributed by atoms with Crippen LogP contribution in [-0.4, -0.2) is 25.8 Å². The third-order valence-corrected chi connectivity index (χ3v) is 7.58. The topological polar surface area (TPSA) is 63.2 Å². The predicted octanol–water partition coefficient (Wildman–Crippen LogP) is 5.81. The lowest BCUT2D eigenvalue weighted by Gasteiger charge is -2.09. The van der Waals surface area contributed by atoms with Gasteiger partial charge in [0, 0.05) is 21.4 Å². The number of carbonyl (C=O) groups is 1. The highest BCUT2D eigenvalue weighted by atomic mass is 35.5. The summed E-state index contributed by atoms with van der Waals surface area (Å²) >= 11 is 13.3. The zero-order chi connectivity index (χ0) is 20.9. The number of carbonyl (C=O) groups excluding carboxylic acids is 1. The summed E-state index contributed by atoms with van der Waals surface area (Å²) in [6, 6.07) is 20.2. The molecule has 1 amide bonds. The van der Waals surface area contributed by atoms with E-state index in [0.29, 0.717) is 27.0 Å². The first-order valence-corrected chi connectivity index (χ1v) is 12.0. The molecule has 3 rings (SSSR count). The molecule has 4 nitrogen and oxygen atoms in total. The molecule has 0 spiro atoms. The fraction of sp³-hybridized carbons (Fsp3) is 0.0952. The van der Waals surface area contributed by atoms with Gasteiger partial charge in [-0.2, -0.15) is 0 Å². The second-order valence-electron chi connectivity index (χ2n) is 6.08. The van der Waals surface area contributed by atoms with Gasteiger partial charge in [0.15, 0.2) is 9.84 Å². The van der Waals surface area contributed by atoms with Crippen molar-refractivity contribution in [2.75, 3.05) is 16.8 Å². The number of halogens is 2. The quantitative estimate of drug-likeness (QED) is 0.447. The van der Waals surface area contributed by atoms with Crippen molar-refractivity contribution >= 4 is 56.4 Å². The fourth-order valence-corrected chi connectivity index (χ4v) is 5.45. The Bertz CT molecular complexity index is 1100. The van der Waals surface area contributed by atoms with Gasteiger partial charge in [-0.15, -0.1) is 11.8 Å². The van der Waals surface area contributed by atoms with Crippen molar-refractivity contribution in [3.05, 3.63) is 88.4 Å². The molecule has 29 heavy (non-hydrogen) atoms. The maximum absolute atomic E-state index is 12.5. The predicted molar refractivity (Wildman–Crippen MR) is 120 cm³/mol. The molecule has 8 heteroatoms. The third-order valence-electron chi connectivity index (χ3n) is 4.01. The van der Waals surface area contributed by atoms with Crippen molar-refractivity contribution < 1.29 is 13.2 Å². The van der Waals surface area contributed by atoms with Crippen LogP contribution in [0.3, 0.4) is 0 Å². The number of hydrogen-bond acceptors (Lipinski definition) is 4. The largest absolute Gasteiger partial charge is 0.322 e. The molecule has 0 aromatic heterocycles. The van der Waals surface area contributed by atoms with Crippen LogP contribution >= 0.6 is 35.0 Å². The average Bonchev–Trinajstić information content (AvgIpc) is 2.70. The fourth-order valence-electron chi connectivity index (χ4n) is 2.52. The van der Waals surface area contributed by atoms with E-state index in [4.69, 9.17) is 23.2 Å². The number of amides is 1. The summed E-state index contributed by atoms with van der Waals surface area (Å²) in [6.45, 7) is 0. The van der Waals surface area contributed by atoms with Crippen LogP contribution in [0.1, 0.15) is 10.4 Å². The lowest BCUT2D eigenvalue weighted by Crippen LogP contribution is -2.12. The molecule has 0 aliphatic carbocycles. The van der Waals surface area contributed by atoms with Crippen LogP contribution in [-0.2, 0) is 9.84 Å². The highest BCUT2D eigenvalue weighted by molar-refractivity contribution is 8.00. The third kappa shape index (κ3) is 6.00. The normalized spacial score (nSPS) is 11.2. The lowest BCUT2D eigenvalue weighted by molar-refractivity contribution is 0.102. The van der Waals surface area contributed by atoms with Crippen molar-refractivity contribution in [3.8, 4) is 0 Å². The van der Waals surface area contributed by atoms with Gasteiger partial charge in [-0.3, -0.25) is 4.79 Å². The Kier molecular flexibility index (Phi) is 7.24. The van der Waals surface area contributed by atoms with Gasteiger partial charge < -0.3 is 5.32 Å². The monoisotopic (exact) mass is 465 g/mol. The van der Waals surface area contributed by atoms with Gasteiger partial charge in [-0.1, -0.05) is 41.4 Å². The Morgan fingerprint density at radius 2 is 1.62 bits per heavy atom. The number of anilines is 1. The summed E-state index contributed by atoms with van der Waals surface area (Å²) in [7, 11) is -3.41. The zero-order valence-electron chi connectivity index (χ0n) is 15.1. The molecule has 0 saturated carbocycles. The van der Waals surface area contributed by atoms with Gasteiger partial charge in [0.05, 0.1) is 21.2 Å². The first kappa shape index (κ1) is 21.7. The molecule has 0 fully saturated rings. The summed E-state index contributed by atoms with van der Waals surface area (Å²) in [5.74, 6) is -0.0165. The summed E-state index contributed by atoms with van der Waals surface area (Å²) in [4.78, 5) is 13.5. The van der Waals surface area contributed by atoms with Crippen molar-refractivity contribution in [3.63, 3.8) is 0 Å². The number of thioether (sulfide) groups is 1. The van der Waals surface area contributed by atoms with Crippen LogP contribution in [0.2, 0.25) is 10.0 Å². The second-order valence-corrected chi connectivity index (χ2v) is 10.2. The van der Waals surface area contributed by atoms with E-state index in [1.807, 2.05) is 18.2 Å². The summed E-state index contributed by atoms with van der Waals surface area (Å²) < 4.78 is 24.8. The molecule has 1 N–H and O–H groups in total. The molecule has 0 unspecified atom stereocenters. The molecule has 0 heterocycles. The molecule has 0 saturated heterocycles. The molecule has 0 atom stereocenters. The first-order chi connectivity index (χ1) is 13.8. The number of para-hydroxylation sites is 1. The molecule has 3 aromatic carbocycles. The van der Waals surface area contributed by atoms with Gasteiger partial charge in [-0.25, -0.2) is 8.42 Å². The zero-order valence-corrected chi connectivity index (χ0v) is 18.3. The number of sulfone groups is 1. The number of rotatable bonds is 7. The summed E-state index contributed by atoms with van der Waals surface area (Å²) in [5.41, 5.74) is 1.00. The molecular formula is C21H17Cl2NO3S2. The maximum atomic E-state index is 12.5. The second kappa shape index (κ2) is 9.67. The first-order valence-electron chi connectivity index (χ1n) is 8.62. The van der Waals surface area contributed by atoms with Crippen LogP contribution in [0, 0.1) is 0 Å². The van der Waals surface area contributed by atoms with Gasteiger partial charge in [-0.05, 0) is 54.6 Å². The van der Waals surface area contributed by atoms with Crippen molar-refractivity contribution in [2.45, 2.75) is 9.79 Å². The van der Waals surface area contributed by atoms with E-state index < -0.39 is 9.84 Å². The van der Waals surface area contributed by atoms with E-state index in [9.17, 15) is 13.2 Å². The Morgan fingerprint density at radius 3 is 2.31 bits per heavy atom. The Hall–Kier alpha value is -1.99.